The van der Waals surface area contributed by atoms with Gasteiger partial charge in [-0.3, -0.25) is 14.4 Å². The van der Waals surface area contributed by atoms with Gasteiger partial charge in [0.15, 0.2) is 0 Å². The third-order valence-corrected chi connectivity index (χ3v) is 9.75. The molecule has 0 N–H and O–H groups in total. The van der Waals surface area contributed by atoms with E-state index in [0.717, 1.165) is 89.2 Å². The van der Waals surface area contributed by atoms with E-state index in [1.54, 1.807) is 0 Å². The number of allylic oxidation sites excluding steroid dienone is 1. The molecule has 3 heterocycles. The number of rotatable bonds is 9. The van der Waals surface area contributed by atoms with E-state index in [1.165, 1.54) is 0 Å². The number of imidazole rings is 1. The van der Waals surface area contributed by atoms with Crippen molar-refractivity contribution in [3.05, 3.63) is 210 Å². The summed E-state index contributed by atoms with van der Waals surface area (Å²) >= 11 is 0. The van der Waals surface area contributed by atoms with Gasteiger partial charge in [-0.15, -0.1) is 0 Å². The molecule has 5 nitrogen and oxygen atoms in total. The average molecular weight is 694 g/mol. The minimum atomic E-state index is 0.474. The van der Waals surface area contributed by atoms with Gasteiger partial charge in [0.05, 0.1) is 34.7 Å². The molecule has 0 amide bonds. The quantitative estimate of drug-likeness (QED) is 0.112. The lowest BCUT2D eigenvalue weighted by atomic mass is 9.91. The lowest BCUT2D eigenvalue weighted by molar-refractivity contribution is 1.07. The van der Waals surface area contributed by atoms with E-state index in [2.05, 4.69) is 144 Å². The molecule has 5 heteroatoms. The minimum absolute atomic E-state index is 0.474. The van der Waals surface area contributed by atoms with Gasteiger partial charge in [-0.25, -0.2) is 9.97 Å². The molecule has 0 atom stereocenters. The van der Waals surface area contributed by atoms with Crippen molar-refractivity contribution in [2.45, 2.75) is 6.54 Å². The van der Waals surface area contributed by atoms with Gasteiger partial charge in [-0.1, -0.05) is 152 Å². The molecule has 54 heavy (non-hydrogen) atoms. The molecule has 9 rings (SSSR count). The largest absolute Gasteiger partial charge is 0.298 e. The smallest absolute Gasteiger partial charge is 0.137 e. The Kier molecular flexibility index (Phi) is 8.71. The number of aromatic nitrogens is 3. The van der Waals surface area contributed by atoms with Gasteiger partial charge in [0, 0.05) is 33.8 Å². The number of nitrogens with zero attached hydrogens (tertiary/aromatic N) is 5. The van der Waals surface area contributed by atoms with E-state index < -0.39 is 0 Å². The first-order valence-corrected chi connectivity index (χ1v) is 18.0. The van der Waals surface area contributed by atoms with Gasteiger partial charge in [-0.2, -0.15) is 0 Å². The van der Waals surface area contributed by atoms with Crippen LogP contribution < -0.4 is 0 Å². The van der Waals surface area contributed by atoms with Crippen molar-refractivity contribution in [3.8, 4) is 22.4 Å². The lowest BCUT2D eigenvalue weighted by Crippen LogP contribution is -2.08. The van der Waals surface area contributed by atoms with Crippen LogP contribution in [0.2, 0.25) is 0 Å². The topological polar surface area (TPSA) is 54.9 Å². The number of benzene rings is 6. The van der Waals surface area contributed by atoms with Gasteiger partial charge >= 0.3 is 0 Å². The fourth-order valence-electron chi connectivity index (χ4n) is 7.23. The molecule has 0 unspecified atom stereocenters. The Balaban J connectivity index is 1.14. The molecule has 256 valence electrons. The van der Waals surface area contributed by atoms with Gasteiger partial charge in [0.2, 0.25) is 0 Å². The number of aliphatic imine (C=N–C) groups is 2. The molecule has 6 aromatic carbocycles. The van der Waals surface area contributed by atoms with Crippen LogP contribution >= 0.6 is 0 Å². The molecule has 9 aromatic rings. The molecule has 0 fully saturated rings. The predicted octanol–water partition coefficient (Wildman–Crippen LogP) is 11.6. The summed E-state index contributed by atoms with van der Waals surface area (Å²) in [6, 6.07) is 62.5. The van der Waals surface area contributed by atoms with Crippen molar-refractivity contribution < 1.29 is 0 Å². The second-order valence-electron chi connectivity index (χ2n) is 13.1. The summed E-state index contributed by atoms with van der Waals surface area (Å²) in [7, 11) is 0. The van der Waals surface area contributed by atoms with E-state index in [4.69, 9.17) is 15.0 Å². The van der Waals surface area contributed by atoms with Crippen molar-refractivity contribution in [2.24, 2.45) is 9.98 Å². The Hall–Kier alpha value is -7.24. The third-order valence-electron chi connectivity index (χ3n) is 9.75. The summed E-state index contributed by atoms with van der Waals surface area (Å²) in [5, 5.41) is 1.05. The maximum Gasteiger partial charge on any atom is 0.137 e. The van der Waals surface area contributed by atoms with Crippen LogP contribution in [0.5, 0.6) is 0 Å². The van der Waals surface area contributed by atoms with Crippen molar-refractivity contribution in [1.82, 2.24) is 14.4 Å². The first kappa shape index (κ1) is 32.7. The van der Waals surface area contributed by atoms with Gasteiger partial charge in [0.25, 0.3) is 0 Å². The van der Waals surface area contributed by atoms with E-state index in [1.807, 2.05) is 60.7 Å². The summed E-state index contributed by atoms with van der Waals surface area (Å²) in [5.41, 5.74) is 14.6. The summed E-state index contributed by atoms with van der Waals surface area (Å²) in [5.74, 6) is 0. The van der Waals surface area contributed by atoms with Crippen molar-refractivity contribution in [1.29, 1.82) is 0 Å². The molecule has 0 aliphatic carbocycles. The highest BCUT2D eigenvalue weighted by Gasteiger charge is 2.20. The third kappa shape index (κ3) is 6.18. The van der Waals surface area contributed by atoms with Crippen molar-refractivity contribution >= 4 is 51.3 Å². The fourth-order valence-corrected chi connectivity index (χ4v) is 7.23. The lowest BCUT2D eigenvalue weighted by Gasteiger charge is -2.17. The Morgan fingerprint density at radius 2 is 1.19 bits per heavy atom. The standard InChI is InChI=1S/C49H35N5/c1-50-45(36-20-7-3-8-21-36)44(35-18-5-2-6-19-35)46(37-22-9-4-10-23-37)51-33-34-17-15-24-38(31-34)39-25-16-26-40(32-39)47-49-48(41-27-11-12-28-42(41)52-47)53-43-29-13-14-30-54(43)49/h2-32H,1,33H2/b45-44-,51-46?. The van der Waals surface area contributed by atoms with Crippen LogP contribution in [0.4, 0.5) is 0 Å². The number of fused-ring (bicyclic) bond motifs is 5. The zero-order chi connectivity index (χ0) is 36.3. The van der Waals surface area contributed by atoms with E-state index in [-0.39, 0.29) is 0 Å². The first-order chi connectivity index (χ1) is 26.7. The van der Waals surface area contributed by atoms with Crippen LogP contribution in [0.25, 0.3) is 61.2 Å². The SMILES string of the molecule is C=N/C(=C(\C(=NCc1cccc(-c2cccc(-c3nc4ccccc4c4nc5ccccn5c34)c2)c1)c1ccccc1)c1ccccc1)c1ccccc1. The zero-order valence-corrected chi connectivity index (χ0v) is 29.5. The van der Waals surface area contributed by atoms with Gasteiger partial charge in [0.1, 0.15) is 11.2 Å². The first-order valence-electron chi connectivity index (χ1n) is 18.0. The molecule has 0 spiro atoms. The second kappa shape index (κ2) is 14.4. The van der Waals surface area contributed by atoms with Crippen LogP contribution in [0.1, 0.15) is 22.3 Å². The predicted molar refractivity (Wildman–Crippen MR) is 225 cm³/mol. The summed E-state index contributed by atoms with van der Waals surface area (Å²) in [6.07, 6.45) is 2.06. The van der Waals surface area contributed by atoms with Crippen molar-refractivity contribution in [2.75, 3.05) is 0 Å². The summed E-state index contributed by atoms with van der Waals surface area (Å²) < 4.78 is 2.14. The van der Waals surface area contributed by atoms with E-state index in [0.29, 0.717) is 6.54 Å². The Morgan fingerprint density at radius 1 is 0.556 bits per heavy atom. The summed E-state index contributed by atoms with van der Waals surface area (Å²) in [4.78, 5) is 20.2. The number of pyridine rings is 2. The van der Waals surface area contributed by atoms with E-state index in [9.17, 15) is 0 Å². The van der Waals surface area contributed by atoms with Gasteiger partial charge in [-0.05, 0) is 59.3 Å². The fraction of sp³-hybridized carbons (Fsp3) is 0.0204. The average Bonchev–Trinajstić information content (AvgIpc) is 3.64. The maximum absolute atomic E-state index is 5.37. The monoisotopic (exact) mass is 693 g/mol. The molecule has 0 saturated heterocycles. The summed E-state index contributed by atoms with van der Waals surface area (Å²) in [6.45, 7) is 4.50. The maximum atomic E-state index is 5.37. The van der Waals surface area contributed by atoms with Gasteiger partial charge < -0.3 is 0 Å². The zero-order valence-electron chi connectivity index (χ0n) is 29.5. The minimum Gasteiger partial charge on any atom is -0.298 e. The molecule has 0 radical (unpaired) electrons. The van der Waals surface area contributed by atoms with Crippen LogP contribution in [0.15, 0.2) is 198 Å². The normalized spacial score (nSPS) is 12.3. The molecule has 0 aliphatic rings. The van der Waals surface area contributed by atoms with Crippen LogP contribution in [-0.4, -0.2) is 26.8 Å². The Morgan fingerprint density at radius 3 is 1.94 bits per heavy atom. The molecule has 0 bridgehead atoms. The highest BCUT2D eigenvalue weighted by molar-refractivity contribution is 6.37. The Labute approximate surface area is 314 Å². The molecular formula is C49H35N5. The van der Waals surface area contributed by atoms with Crippen LogP contribution in [0, 0.1) is 0 Å². The Bertz CT molecular complexity index is 2850. The van der Waals surface area contributed by atoms with Crippen molar-refractivity contribution in [3.63, 3.8) is 0 Å². The number of hydrogen-bond acceptors (Lipinski definition) is 4. The highest BCUT2D eigenvalue weighted by atomic mass is 15.0. The van der Waals surface area contributed by atoms with Crippen LogP contribution in [-0.2, 0) is 6.54 Å². The number of para-hydroxylation sites is 1. The highest BCUT2D eigenvalue weighted by Crippen LogP contribution is 2.35. The molecule has 3 aromatic heterocycles. The van der Waals surface area contributed by atoms with E-state index >= 15 is 0 Å². The molecular weight excluding hydrogens is 659 g/mol. The second-order valence-corrected chi connectivity index (χ2v) is 13.1. The molecule has 0 aliphatic heterocycles. The van der Waals surface area contributed by atoms with Crippen LogP contribution in [0.3, 0.4) is 0 Å². The number of hydrogen-bond donors (Lipinski definition) is 0. The molecule has 0 saturated carbocycles.